The maximum Gasteiger partial charge on any atom is 0.534 e. The van der Waals surface area contributed by atoms with E-state index in [1.54, 1.807) is 18.2 Å². The van der Waals surface area contributed by atoms with E-state index < -0.39 is 15.6 Å². The Morgan fingerprint density at radius 2 is 1.18 bits per heavy atom. The van der Waals surface area contributed by atoms with Crippen LogP contribution in [0.4, 0.5) is 13.2 Å². The lowest BCUT2D eigenvalue weighted by atomic mass is 10.0. The summed E-state index contributed by atoms with van der Waals surface area (Å²) in [6.07, 6.45) is 20.8. The van der Waals surface area contributed by atoms with Gasteiger partial charge < -0.3 is 8.92 Å². The molecule has 0 fully saturated rings. The number of rotatable bonds is 22. The molecule has 0 amide bonds. The molecule has 40 heavy (non-hydrogen) atoms. The monoisotopic (exact) mass is 584 g/mol. The molecule has 2 aromatic carbocycles. The van der Waals surface area contributed by atoms with Gasteiger partial charge in [0.05, 0.1) is 6.61 Å². The molecule has 0 radical (unpaired) electrons. The summed E-state index contributed by atoms with van der Waals surface area (Å²) in [6.45, 7) is 2.75. The molecule has 0 bridgehead atoms. The standard InChI is InChI=1S/C32H47F3O4S/c1-2-3-4-5-6-7-8-9-10-11-12-13-14-15-16-20-25-38-30-23-24-31(39-40(36,37)32(33,34)35)29(27-30)26-28-21-18-17-19-22-28/h17-19,21-24,27H,2-16,20,25-26H2,1H3. The second-order valence-electron chi connectivity index (χ2n) is 10.6. The number of halogens is 3. The molecule has 0 aromatic heterocycles. The van der Waals surface area contributed by atoms with Crippen LogP contribution in [0.2, 0.25) is 0 Å². The van der Waals surface area contributed by atoms with E-state index in [-0.39, 0.29) is 12.2 Å². The maximum atomic E-state index is 12.9. The van der Waals surface area contributed by atoms with E-state index in [4.69, 9.17) is 4.74 Å². The summed E-state index contributed by atoms with van der Waals surface area (Å²) in [5.74, 6) is 0.125. The summed E-state index contributed by atoms with van der Waals surface area (Å²) in [6, 6.07) is 13.3. The first kappa shape index (κ1) is 34.0. The molecule has 226 valence electrons. The van der Waals surface area contributed by atoms with E-state index in [1.807, 2.05) is 18.2 Å². The highest BCUT2D eigenvalue weighted by molar-refractivity contribution is 7.88. The Morgan fingerprint density at radius 3 is 1.68 bits per heavy atom. The van der Waals surface area contributed by atoms with E-state index in [0.717, 1.165) is 24.8 Å². The molecule has 0 saturated heterocycles. The van der Waals surface area contributed by atoms with Gasteiger partial charge in [0.2, 0.25) is 0 Å². The summed E-state index contributed by atoms with van der Waals surface area (Å²) in [5, 5.41) is 0. The van der Waals surface area contributed by atoms with E-state index in [2.05, 4.69) is 11.1 Å². The van der Waals surface area contributed by atoms with Gasteiger partial charge in [-0.15, -0.1) is 0 Å². The largest absolute Gasteiger partial charge is 0.534 e. The lowest BCUT2D eigenvalue weighted by Gasteiger charge is -2.15. The number of hydrogen-bond acceptors (Lipinski definition) is 4. The molecule has 0 saturated carbocycles. The smallest absolute Gasteiger partial charge is 0.494 e. The SMILES string of the molecule is CCCCCCCCCCCCCCCCCCOc1ccc(OS(=O)(=O)C(F)(F)F)c(Cc2ccccc2)c1. The summed E-state index contributed by atoms with van der Waals surface area (Å²) < 4.78 is 72.1. The van der Waals surface area contributed by atoms with Crippen molar-refractivity contribution in [2.75, 3.05) is 6.61 Å². The predicted molar refractivity (Wildman–Crippen MR) is 156 cm³/mol. The predicted octanol–water partition coefficient (Wildman–Crippen LogP) is 10.1. The van der Waals surface area contributed by atoms with Gasteiger partial charge >= 0.3 is 15.6 Å². The Labute approximate surface area is 239 Å². The van der Waals surface area contributed by atoms with Crippen LogP contribution in [0.3, 0.4) is 0 Å². The van der Waals surface area contributed by atoms with Gasteiger partial charge in [-0.05, 0) is 30.2 Å². The first-order chi connectivity index (χ1) is 19.2. The molecule has 8 heteroatoms. The average molecular weight is 585 g/mol. The Bertz CT molecular complexity index is 1040. The first-order valence-electron chi connectivity index (χ1n) is 15.0. The Morgan fingerprint density at radius 1 is 0.675 bits per heavy atom. The third kappa shape index (κ3) is 13.9. The average Bonchev–Trinajstić information content (AvgIpc) is 2.91. The highest BCUT2D eigenvalue weighted by atomic mass is 32.2. The van der Waals surface area contributed by atoms with E-state index in [0.29, 0.717) is 17.9 Å². The van der Waals surface area contributed by atoms with Crippen molar-refractivity contribution in [3.8, 4) is 11.5 Å². The normalized spacial score (nSPS) is 12.0. The number of alkyl halides is 3. The van der Waals surface area contributed by atoms with Crippen molar-refractivity contribution >= 4 is 10.1 Å². The third-order valence-corrected chi connectivity index (χ3v) is 7.98. The summed E-state index contributed by atoms with van der Waals surface area (Å²) in [5.41, 5.74) is -4.38. The Hall–Kier alpha value is -2.22. The highest BCUT2D eigenvalue weighted by Gasteiger charge is 2.48. The molecule has 0 spiro atoms. The zero-order valence-electron chi connectivity index (χ0n) is 24.0. The molecule has 0 aliphatic carbocycles. The van der Waals surface area contributed by atoms with Crippen LogP contribution in [0, 0.1) is 0 Å². The van der Waals surface area contributed by atoms with Gasteiger partial charge in [0.25, 0.3) is 0 Å². The lowest BCUT2D eigenvalue weighted by molar-refractivity contribution is -0.0500. The number of hydrogen-bond donors (Lipinski definition) is 0. The van der Waals surface area contributed by atoms with Crippen LogP contribution < -0.4 is 8.92 Å². The molecule has 0 aliphatic heterocycles. The van der Waals surface area contributed by atoms with Gasteiger partial charge in [-0.3, -0.25) is 0 Å². The summed E-state index contributed by atoms with van der Waals surface area (Å²) >= 11 is 0. The minimum atomic E-state index is -5.76. The van der Waals surface area contributed by atoms with Crippen LogP contribution in [0.1, 0.15) is 121 Å². The van der Waals surface area contributed by atoms with Gasteiger partial charge in [-0.1, -0.05) is 134 Å². The fourth-order valence-electron chi connectivity index (χ4n) is 4.69. The summed E-state index contributed by atoms with van der Waals surface area (Å²) in [7, 11) is -5.76. The maximum absolute atomic E-state index is 12.9. The van der Waals surface area contributed by atoms with Crippen LogP contribution in [-0.2, 0) is 16.5 Å². The fraction of sp³-hybridized carbons (Fsp3) is 0.625. The molecule has 0 N–H and O–H groups in total. The minimum absolute atomic E-state index is 0.208. The van der Waals surface area contributed by atoms with E-state index in [1.165, 1.54) is 95.6 Å². The van der Waals surface area contributed by atoms with Crippen molar-refractivity contribution in [2.24, 2.45) is 0 Å². The van der Waals surface area contributed by atoms with Crippen LogP contribution in [-0.4, -0.2) is 20.5 Å². The zero-order valence-corrected chi connectivity index (χ0v) is 24.8. The van der Waals surface area contributed by atoms with Crippen molar-refractivity contribution in [3.05, 3.63) is 59.7 Å². The lowest BCUT2D eigenvalue weighted by Crippen LogP contribution is -2.28. The number of ether oxygens (including phenoxy) is 1. The number of benzene rings is 2. The van der Waals surface area contributed by atoms with Crippen LogP contribution >= 0.6 is 0 Å². The minimum Gasteiger partial charge on any atom is -0.494 e. The highest BCUT2D eigenvalue weighted by Crippen LogP contribution is 2.32. The second kappa shape index (κ2) is 19.0. The van der Waals surface area contributed by atoms with Gasteiger partial charge in [-0.25, -0.2) is 0 Å². The van der Waals surface area contributed by atoms with Gasteiger partial charge in [0.15, 0.2) is 0 Å². The molecule has 4 nitrogen and oxygen atoms in total. The number of unbranched alkanes of at least 4 members (excludes halogenated alkanes) is 15. The quantitative estimate of drug-likeness (QED) is 0.0785. The molecular formula is C32H47F3O4S. The Balaban J connectivity index is 1.66. The van der Waals surface area contributed by atoms with Crippen LogP contribution in [0.15, 0.2) is 48.5 Å². The van der Waals surface area contributed by atoms with Crippen LogP contribution in [0.25, 0.3) is 0 Å². The van der Waals surface area contributed by atoms with Crippen molar-refractivity contribution in [3.63, 3.8) is 0 Å². The fourth-order valence-corrected chi connectivity index (χ4v) is 5.18. The molecule has 2 rings (SSSR count). The summed E-state index contributed by atoms with van der Waals surface area (Å²) in [4.78, 5) is 0. The van der Waals surface area contributed by atoms with Gasteiger partial charge in [0.1, 0.15) is 11.5 Å². The zero-order chi connectivity index (χ0) is 29.1. The molecule has 0 heterocycles. The van der Waals surface area contributed by atoms with Crippen molar-refractivity contribution in [1.29, 1.82) is 0 Å². The van der Waals surface area contributed by atoms with E-state index >= 15 is 0 Å². The van der Waals surface area contributed by atoms with Crippen LogP contribution in [0.5, 0.6) is 11.5 Å². The third-order valence-electron chi connectivity index (χ3n) is 7.02. The van der Waals surface area contributed by atoms with Crippen molar-refractivity contribution in [1.82, 2.24) is 0 Å². The van der Waals surface area contributed by atoms with Crippen molar-refractivity contribution < 1.29 is 30.5 Å². The van der Waals surface area contributed by atoms with Gasteiger partial charge in [0, 0.05) is 12.0 Å². The first-order valence-corrected chi connectivity index (χ1v) is 16.4. The Kier molecular flexibility index (Phi) is 16.1. The molecule has 0 unspecified atom stereocenters. The van der Waals surface area contributed by atoms with E-state index in [9.17, 15) is 21.6 Å². The van der Waals surface area contributed by atoms with Gasteiger partial charge in [-0.2, -0.15) is 21.6 Å². The molecular weight excluding hydrogens is 537 g/mol. The molecule has 0 aliphatic rings. The topological polar surface area (TPSA) is 52.6 Å². The molecule has 2 aromatic rings. The molecule has 0 atom stereocenters. The second-order valence-corrected chi connectivity index (χ2v) is 12.1. The van der Waals surface area contributed by atoms with Crippen molar-refractivity contribution in [2.45, 2.75) is 122 Å².